The molecule has 3 nitrogen and oxygen atoms in total. The molecule has 0 radical (unpaired) electrons. The first kappa shape index (κ1) is 13.5. The number of alkyl halides is 1. The Morgan fingerprint density at radius 2 is 2.11 bits per heavy atom. The van der Waals surface area contributed by atoms with Crippen molar-refractivity contribution >= 4 is 11.6 Å². The maximum Gasteiger partial charge on any atom is 0.161 e. The molecule has 1 aliphatic rings. The van der Waals surface area contributed by atoms with Crippen molar-refractivity contribution in [2.24, 2.45) is 0 Å². The van der Waals surface area contributed by atoms with Crippen molar-refractivity contribution in [3.63, 3.8) is 0 Å². The highest BCUT2D eigenvalue weighted by atomic mass is 35.5. The number of halogens is 1. The van der Waals surface area contributed by atoms with Crippen LogP contribution in [0.5, 0.6) is 11.5 Å². The van der Waals surface area contributed by atoms with Crippen molar-refractivity contribution in [1.29, 1.82) is 0 Å². The lowest BCUT2D eigenvalue weighted by atomic mass is 10.0. The van der Waals surface area contributed by atoms with E-state index in [1.807, 2.05) is 18.2 Å². The Morgan fingerprint density at radius 3 is 2.72 bits per heavy atom. The van der Waals surface area contributed by atoms with E-state index >= 15 is 0 Å². The van der Waals surface area contributed by atoms with Gasteiger partial charge >= 0.3 is 0 Å². The Bertz CT molecular complexity index is 389. The average molecular weight is 271 g/mol. The lowest BCUT2D eigenvalue weighted by molar-refractivity contribution is 0.103. The van der Waals surface area contributed by atoms with E-state index in [-0.39, 0.29) is 5.38 Å². The van der Waals surface area contributed by atoms with Gasteiger partial charge in [0, 0.05) is 6.61 Å². The molecule has 0 aliphatic carbocycles. The molecule has 0 spiro atoms. The maximum absolute atomic E-state index is 6.43. The second-order valence-electron chi connectivity index (χ2n) is 4.45. The molecule has 0 saturated carbocycles. The Balaban J connectivity index is 2.06. The quantitative estimate of drug-likeness (QED) is 0.766. The van der Waals surface area contributed by atoms with E-state index in [0.29, 0.717) is 11.9 Å². The lowest BCUT2D eigenvalue weighted by Gasteiger charge is -2.16. The molecule has 1 aromatic rings. The zero-order chi connectivity index (χ0) is 13.0. The van der Waals surface area contributed by atoms with Crippen molar-refractivity contribution in [2.45, 2.75) is 30.7 Å². The first-order valence-electron chi connectivity index (χ1n) is 6.22. The summed E-state index contributed by atoms with van der Waals surface area (Å²) in [6.45, 7) is 0.861. The normalized spacial score (nSPS) is 20.7. The van der Waals surface area contributed by atoms with Crippen LogP contribution in [0.2, 0.25) is 0 Å². The van der Waals surface area contributed by atoms with Crippen molar-refractivity contribution in [1.82, 2.24) is 0 Å². The van der Waals surface area contributed by atoms with Crippen LogP contribution in [0, 0.1) is 0 Å². The third-order valence-corrected chi connectivity index (χ3v) is 3.69. The minimum absolute atomic E-state index is 0.0482. The Morgan fingerprint density at radius 1 is 1.33 bits per heavy atom. The molecule has 2 unspecified atom stereocenters. The second kappa shape index (κ2) is 6.30. The van der Waals surface area contributed by atoms with E-state index in [0.717, 1.165) is 37.2 Å². The summed E-state index contributed by atoms with van der Waals surface area (Å²) >= 11 is 6.43. The zero-order valence-corrected chi connectivity index (χ0v) is 11.6. The standard InChI is InChI=1S/C14H19ClO3/c1-16-13-6-5-10(8-14(13)17-2)12(15)9-11-4-3-7-18-11/h5-6,8,11-12H,3-4,7,9H2,1-2H3. The fourth-order valence-electron chi connectivity index (χ4n) is 2.24. The Hall–Kier alpha value is -0.930. The summed E-state index contributed by atoms with van der Waals surface area (Å²) in [5.41, 5.74) is 1.05. The summed E-state index contributed by atoms with van der Waals surface area (Å²) in [7, 11) is 3.26. The molecule has 1 heterocycles. The summed E-state index contributed by atoms with van der Waals surface area (Å²) in [4.78, 5) is 0. The summed E-state index contributed by atoms with van der Waals surface area (Å²) < 4.78 is 16.1. The van der Waals surface area contributed by atoms with Crippen molar-refractivity contribution < 1.29 is 14.2 Å². The summed E-state index contributed by atoms with van der Waals surface area (Å²) in [6.07, 6.45) is 3.38. The molecular weight excluding hydrogens is 252 g/mol. The Kier molecular flexibility index (Phi) is 4.72. The molecule has 0 amide bonds. The zero-order valence-electron chi connectivity index (χ0n) is 10.8. The van der Waals surface area contributed by atoms with Crippen molar-refractivity contribution in [3.8, 4) is 11.5 Å². The number of ether oxygens (including phenoxy) is 3. The molecule has 0 aromatic heterocycles. The molecule has 100 valence electrons. The van der Waals surface area contributed by atoms with Crippen LogP contribution < -0.4 is 9.47 Å². The van der Waals surface area contributed by atoms with Gasteiger partial charge in [-0.15, -0.1) is 11.6 Å². The fraction of sp³-hybridized carbons (Fsp3) is 0.571. The van der Waals surface area contributed by atoms with Gasteiger partial charge < -0.3 is 14.2 Å². The number of hydrogen-bond acceptors (Lipinski definition) is 3. The van der Waals surface area contributed by atoms with Crippen LogP contribution in [-0.4, -0.2) is 26.9 Å². The molecule has 2 atom stereocenters. The fourth-order valence-corrected chi connectivity index (χ4v) is 2.58. The molecule has 2 rings (SSSR count). The third kappa shape index (κ3) is 3.09. The highest BCUT2D eigenvalue weighted by Crippen LogP contribution is 2.35. The molecule has 0 N–H and O–H groups in total. The second-order valence-corrected chi connectivity index (χ2v) is 4.98. The largest absolute Gasteiger partial charge is 0.493 e. The van der Waals surface area contributed by atoms with Crippen molar-refractivity contribution in [3.05, 3.63) is 23.8 Å². The van der Waals surface area contributed by atoms with Crippen molar-refractivity contribution in [2.75, 3.05) is 20.8 Å². The molecule has 0 bridgehead atoms. The third-order valence-electron chi connectivity index (χ3n) is 3.26. The molecule has 1 aliphatic heterocycles. The van der Waals surface area contributed by atoms with Crippen LogP contribution in [0.3, 0.4) is 0 Å². The predicted octanol–water partition coefficient (Wildman–Crippen LogP) is 3.55. The van der Waals surface area contributed by atoms with E-state index in [1.54, 1.807) is 14.2 Å². The number of hydrogen-bond donors (Lipinski definition) is 0. The van der Waals surface area contributed by atoms with Gasteiger partial charge in [-0.05, 0) is 37.0 Å². The maximum atomic E-state index is 6.43. The highest BCUT2D eigenvalue weighted by Gasteiger charge is 2.21. The minimum atomic E-state index is -0.0482. The van der Waals surface area contributed by atoms with Crippen LogP contribution in [0.4, 0.5) is 0 Å². The molecule has 18 heavy (non-hydrogen) atoms. The van der Waals surface area contributed by atoms with Gasteiger partial charge in [-0.2, -0.15) is 0 Å². The molecule has 1 aromatic carbocycles. The van der Waals surface area contributed by atoms with Gasteiger partial charge in [0.15, 0.2) is 11.5 Å². The van der Waals surface area contributed by atoms with Crippen LogP contribution in [0.25, 0.3) is 0 Å². The molecule has 1 saturated heterocycles. The van der Waals surface area contributed by atoms with Crippen LogP contribution in [-0.2, 0) is 4.74 Å². The number of rotatable bonds is 5. The highest BCUT2D eigenvalue weighted by molar-refractivity contribution is 6.20. The SMILES string of the molecule is COc1ccc(C(Cl)CC2CCCO2)cc1OC. The van der Waals surface area contributed by atoms with Gasteiger partial charge in [0.1, 0.15) is 0 Å². The van der Waals surface area contributed by atoms with Gasteiger partial charge in [0.05, 0.1) is 25.7 Å². The first-order chi connectivity index (χ1) is 8.74. The van der Waals surface area contributed by atoms with Crippen LogP contribution in [0.15, 0.2) is 18.2 Å². The number of benzene rings is 1. The monoisotopic (exact) mass is 270 g/mol. The summed E-state index contributed by atoms with van der Waals surface area (Å²) in [6, 6.07) is 5.80. The molecular formula is C14H19ClO3. The van der Waals surface area contributed by atoms with Gasteiger partial charge in [-0.25, -0.2) is 0 Å². The lowest BCUT2D eigenvalue weighted by Crippen LogP contribution is -2.08. The van der Waals surface area contributed by atoms with E-state index in [1.165, 1.54) is 0 Å². The average Bonchev–Trinajstić information content (AvgIpc) is 2.90. The van der Waals surface area contributed by atoms with E-state index < -0.39 is 0 Å². The van der Waals surface area contributed by atoms with Gasteiger partial charge in [-0.3, -0.25) is 0 Å². The summed E-state index contributed by atoms with van der Waals surface area (Å²) in [5.74, 6) is 1.44. The molecule has 4 heteroatoms. The Labute approximate surface area is 113 Å². The molecule has 1 fully saturated rings. The predicted molar refractivity (Wildman–Crippen MR) is 71.7 cm³/mol. The van der Waals surface area contributed by atoms with Crippen LogP contribution >= 0.6 is 11.6 Å². The van der Waals surface area contributed by atoms with E-state index in [2.05, 4.69) is 0 Å². The first-order valence-corrected chi connectivity index (χ1v) is 6.66. The smallest absolute Gasteiger partial charge is 0.161 e. The minimum Gasteiger partial charge on any atom is -0.493 e. The number of methoxy groups -OCH3 is 2. The van der Waals surface area contributed by atoms with Gasteiger partial charge in [0.25, 0.3) is 0 Å². The summed E-state index contributed by atoms with van der Waals surface area (Å²) in [5, 5.41) is -0.0482. The van der Waals surface area contributed by atoms with Crippen LogP contribution in [0.1, 0.15) is 30.2 Å². The van der Waals surface area contributed by atoms with E-state index in [9.17, 15) is 0 Å². The van der Waals surface area contributed by atoms with E-state index in [4.69, 9.17) is 25.8 Å². The van der Waals surface area contributed by atoms with Gasteiger partial charge in [0.2, 0.25) is 0 Å². The topological polar surface area (TPSA) is 27.7 Å². The van der Waals surface area contributed by atoms with Gasteiger partial charge in [-0.1, -0.05) is 6.07 Å².